The Balaban J connectivity index is 1.61. The molecule has 9 heteroatoms. The maximum atomic E-state index is 13.2. The monoisotopic (exact) mass is 424 g/mol. The molecular formula is C22H26N5O4+. The standard InChI is InChI=1S/C22H25N5O4/c23-19-16(21(28)24-12-14-5-3-9-30-14)11-17-20(27(19)13-15-6-4-10-31-15)25-18-7-1-2-8-26(18)22(17)29/h1-2,7-8,11,14-15,23H,3-6,9-10,12-13H2,(H,24,28)/p+1/t14-,15-/m0/s1. The molecular weight excluding hydrogens is 398 g/mol. The van der Waals surface area contributed by atoms with Crippen LogP contribution in [0, 0.1) is 0 Å². The molecule has 0 bridgehead atoms. The second-order valence-electron chi connectivity index (χ2n) is 8.12. The van der Waals surface area contributed by atoms with Crippen molar-refractivity contribution in [2.45, 2.75) is 44.4 Å². The lowest BCUT2D eigenvalue weighted by Crippen LogP contribution is -2.46. The van der Waals surface area contributed by atoms with E-state index in [1.54, 1.807) is 29.0 Å². The molecule has 31 heavy (non-hydrogen) atoms. The van der Waals surface area contributed by atoms with Crippen LogP contribution < -0.4 is 21.2 Å². The van der Waals surface area contributed by atoms with Gasteiger partial charge in [-0.3, -0.25) is 14.0 Å². The van der Waals surface area contributed by atoms with E-state index >= 15 is 0 Å². The minimum atomic E-state index is -0.325. The number of nitrogen functional groups attached to an aromatic ring is 1. The van der Waals surface area contributed by atoms with Gasteiger partial charge in [-0.05, 0) is 43.9 Å². The average molecular weight is 424 g/mol. The fraction of sp³-hybridized carbons (Fsp3) is 0.455. The SMILES string of the molecule is Nc1c(C(=O)NC[C@@H]2CCCO2)cc2c(=O)n3ccccc3nc2[n+]1C[C@@H]1CCCO1. The zero-order valence-corrected chi connectivity index (χ0v) is 17.3. The number of rotatable bonds is 5. The number of hydrogen-bond donors (Lipinski definition) is 2. The van der Waals surface area contributed by atoms with Gasteiger partial charge in [0.25, 0.3) is 17.1 Å². The number of nitrogens with two attached hydrogens (primary N) is 1. The summed E-state index contributed by atoms with van der Waals surface area (Å²) in [6, 6.07) is 6.93. The Morgan fingerprint density at radius 3 is 2.74 bits per heavy atom. The summed E-state index contributed by atoms with van der Waals surface area (Å²) in [6.45, 7) is 2.26. The average Bonchev–Trinajstić information content (AvgIpc) is 3.48. The smallest absolute Gasteiger partial charge is 0.278 e. The van der Waals surface area contributed by atoms with Gasteiger partial charge in [0.1, 0.15) is 10.9 Å². The highest BCUT2D eigenvalue weighted by molar-refractivity contribution is 6.00. The number of aromatic nitrogens is 3. The van der Waals surface area contributed by atoms with Crippen molar-refractivity contribution in [3.8, 4) is 0 Å². The second kappa shape index (κ2) is 8.24. The Morgan fingerprint density at radius 2 is 2.00 bits per heavy atom. The second-order valence-corrected chi connectivity index (χ2v) is 8.12. The quantitative estimate of drug-likeness (QED) is 0.463. The van der Waals surface area contributed by atoms with Crippen LogP contribution in [0.15, 0.2) is 35.3 Å². The lowest BCUT2D eigenvalue weighted by molar-refractivity contribution is -0.666. The number of nitrogens with one attached hydrogen (secondary N) is 1. The molecule has 0 unspecified atom stereocenters. The summed E-state index contributed by atoms with van der Waals surface area (Å²) >= 11 is 0. The van der Waals surface area contributed by atoms with E-state index in [2.05, 4.69) is 10.3 Å². The third-order valence-corrected chi connectivity index (χ3v) is 6.03. The Morgan fingerprint density at radius 1 is 1.23 bits per heavy atom. The van der Waals surface area contributed by atoms with Crippen molar-refractivity contribution in [1.82, 2.24) is 14.7 Å². The molecule has 2 atom stereocenters. The van der Waals surface area contributed by atoms with Crippen LogP contribution in [0.4, 0.5) is 5.82 Å². The molecule has 162 valence electrons. The van der Waals surface area contributed by atoms with Gasteiger partial charge in [0.2, 0.25) is 11.5 Å². The Hall–Kier alpha value is -3.04. The van der Waals surface area contributed by atoms with Gasteiger partial charge in [-0.1, -0.05) is 11.1 Å². The minimum Gasteiger partial charge on any atom is -0.376 e. The maximum Gasteiger partial charge on any atom is 0.278 e. The molecule has 0 saturated carbocycles. The number of hydrogen-bond acceptors (Lipinski definition) is 6. The fourth-order valence-electron chi connectivity index (χ4n) is 4.37. The van der Waals surface area contributed by atoms with E-state index in [0.29, 0.717) is 36.4 Å². The molecule has 5 heterocycles. The summed E-state index contributed by atoms with van der Waals surface area (Å²) in [5.74, 6) is -0.0476. The molecule has 0 aromatic carbocycles. The number of nitrogens with zero attached hydrogens (tertiary/aromatic N) is 3. The van der Waals surface area contributed by atoms with Crippen LogP contribution in [-0.4, -0.2) is 47.3 Å². The van der Waals surface area contributed by atoms with E-state index in [-0.39, 0.29) is 35.1 Å². The molecule has 0 radical (unpaired) electrons. The maximum absolute atomic E-state index is 13.2. The van der Waals surface area contributed by atoms with E-state index in [0.717, 1.165) is 32.3 Å². The Labute approximate surface area is 178 Å². The molecule has 2 saturated heterocycles. The highest BCUT2D eigenvalue weighted by Crippen LogP contribution is 2.18. The van der Waals surface area contributed by atoms with E-state index in [1.165, 1.54) is 4.40 Å². The molecule has 2 aliphatic rings. The van der Waals surface area contributed by atoms with Gasteiger partial charge in [0, 0.05) is 26.0 Å². The summed E-state index contributed by atoms with van der Waals surface area (Å²) in [4.78, 5) is 30.9. The van der Waals surface area contributed by atoms with Crippen LogP contribution >= 0.6 is 0 Å². The molecule has 0 aliphatic carbocycles. The van der Waals surface area contributed by atoms with Gasteiger partial charge in [0.05, 0.1) is 18.8 Å². The summed E-state index contributed by atoms with van der Waals surface area (Å²) in [5, 5.41) is 3.25. The van der Waals surface area contributed by atoms with Crippen molar-refractivity contribution in [1.29, 1.82) is 0 Å². The lowest BCUT2D eigenvalue weighted by atomic mass is 10.1. The lowest BCUT2D eigenvalue weighted by Gasteiger charge is -2.16. The Kier molecular flexibility index (Phi) is 5.29. The minimum absolute atomic E-state index is 0.0147. The van der Waals surface area contributed by atoms with E-state index in [4.69, 9.17) is 15.2 Å². The number of carbonyl (C=O) groups is 1. The third-order valence-electron chi connectivity index (χ3n) is 6.03. The fourth-order valence-corrected chi connectivity index (χ4v) is 4.37. The molecule has 9 nitrogen and oxygen atoms in total. The van der Waals surface area contributed by atoms with Gasteiger partial charge < -0.3 is 20.5 Å². The van der Waals surface area contributed by atoms with Crippen LogP contribution in [-0.2, 0) is 16.0 Å². The topological polar surface area (TPSA) is 112 Å². The van der Waals surface area contributed by atoms with Crippen molar-refractivity contribution < 1.29 is 18.8 Å². The highest BCUT2D eigenvalue weighted by atomic mass is 16.5. The van der Waals surface area contributed by atoms with Gasteiger partial charge in [-0.2, -0.15) is 0 Å². The van der Waals surface area contributed by atoms with E-state index in [1.807, 2.05) is 6.07 Å². The number of ether oxygens (including phenoxy) is 2. The first-order valence-corrected chi connectivity index (χ1v) is 10.8. The first-order valence-electron chi connectivity index (χ1n) is 10.8. The Bertz CT molecular complexity index is 1200. The molecule has 3 aromatic rings. The highest BCUT2D eigenvalue weighted by Gasteiger charge is 2.28. The first kappa shape index (κ1) is 19.9. The van der Waals surface area contributed by atoms with Crippen molar-refractivity contribution in [3.63, 3.8) is 0 Å². The zero-order valence-electron chi connectivity index (χ0n) is 17.3. The van der Waals surface area contributed by atoms with Gasteiger partial charge >= 0.3 is 0 Å². The largest absolute Gasteiger partial charge is 0.376 e. The number of anilines is 1. The first-order chi connectivity index (χ1) is 15.1. The van der Waals surface area contributed by atoms with Crippen LogP contribution in [0.25, 0.3) is 16.7 Å². The molecule has 5 rings (SSSR count). The predicted molar refractivity (Wildman–Crippen MR) is 114 cm³/mol. The van der Waals surface area contributed by atoms with E-state index in [9.17, 15) is 9.59 Å². The molecule has 3 N–H and O–H groups in total. The number of pyridine rings is 2. The molecule has 2 aliphatic heterocycles. The van der Waals surface area contributed by atoms with Crippen LogP contribution in [0.2, 0.25) is 0 Å². The summed E-state index contributed by atoms with van der Waals surface area (Å²) in [7, 11) is 0. The van der Waals surface area contributed by atoms with Crippen molar-refractivity contribution in [3.05, 3.63) is 46.4 Å². The van der Waals surface area contributed by atoms with Crippen molar-refractivity contribution in [2.75, 3.05) is 25.5 Å². The van der Waals surface area contributed by atoms with Gasteiger partial charge in [0.15, 0.2) is 0 Å². The molecule has 0 spiro atoms. The molecule has 3 aromatic heterocycles. The normalized spacial score (nSPS) is 21.2. The number of amides is 1. The predicted octanol–water partition coefficient (Wildman–Crippen LogP) is 0.805. The van der Waals surface area contributed by atoms with E-state index < -0.39 is 0 Å². The van der Waals surface area contributed by atoms with Crippen molar-refractivity contribution in [2.24, 2.45) is 0 Å². The summed E-state index contributed by atoms with van der Waals surface area (Å²) < 4.78 is 14.6. The van der Waals surface area contributed by atoms with Crippen LogP contribution in [0.1, 0.15) is 36.0 Å². The van der Waals surface area contributed by atoms with Crippen LogP contribution in [0.3, 0.4) is 0 Å². The molecule has 2 fully saturated rings. The van der Waals surface area contributed by atoms with Gasteiger partial charge in [-0.25, -0.2) is 4.57 Å². The number of fused-ring (bicyclic) bond motifs is 2. The van der Waals surface area contributed by atoms with Crippen molar-refractivity contribution >= 4 is 28.4 Å². The summed E-state index contributed by atoms with van der Waals surface area (Å²) in [6.07, 6.45) is 5.44. The molecule has 1 amide bonds. The number of carbonyl (C=O) groups excluding carboxylic acids is 1. The van der Waals surface area contributed by atoms with Gasteiger partial charge in [-0.15, -0.1) is 0 Å². The summed E-state index contributed by atoms with van der Waals surface area (Å²) in [5.41, 5.74) is 7.48. The third kappa shape index (κ3) is 3.75. The van der Waals surface area contributed by atoms with Crippen LogP contribution in [0.5, 0.6) is 0 Å². The zero-order chi connectivity index (χ0) is 21.4.